The van der Waals surface area contributed by atoms with E-state index in [2.05, 4.69) is 0 Å². The summed E-state index contributed by atoms with van der Waals surface area (Å²) in [5, 5.41) is 44.1. The van der Waals surface area contributed by atoms with Gasteiger partial charge in [-0.05, 0) is 0 Å². The van der Waals surface area contributed by atoms with Gasteiger partial charge in [0.1, 0.15) is 0 Å². The van der Waals surface area contributed by atoms with Gasteiger partial charge in [-0.3, -0.25) is 38.7 Å². The molecule has 0 aliphatic rings. The van der Waals surface area contributed by atoms with Crippen molar-refractivity contribution in [1.29, 1.82) is 0 Å². The van der Waals surface area contributed by atoms with Crippen LogP contribution in [0.1, 0.15) is 0 Å². The van der Waals surface area contributed by atoms with Gasteiger partial charge in [0.2, 0.25) is 0 Å². The maximum Gasteiger partial charge on any atom is 0.317 e. The summed E-state index contributed by atoms with van der Waals surface area (Å²) in [5.74, 6) is -6.16. The molecule has 18 heteroatoms. The van der Waals surface area contributed by atoms with E-state index in [0.29, 0.717) is 0 Å². The number of rotatable bonds is 16. The van der Waals surface area contributed by atoms with E-state index in [-0.39, 0.29) is 174 Å². The van der Waals surface area contributed by atoms with E-state index < -0.39 is 62.6 Å². The number of carboxylic acid groups (broad SMARTS) is 5. The van der Waals surface area contributed by atoms with Crippen LogP contribution >= 0.6 is 0 Å². The zero-order valence-corrected chi connectivity index (χ0v) is 29.5. The quantitative estimate of drug-likeness (QED) is 0.125. The summed E-state index contributed by atoms with van der Waals surface area (Å²) in [6, 6.07) is 0. The van der Waals surface area contributed by atoms with Gasteiger partial charge >= 0.3 is 29.8 Å². The molecular weight excluding hydrogens is 485 g/mol. The van der Waals surface area contributed by atoms with Crippen LogP contribution in [0.4, 0.5) is 0 Å². The Balaban J connectivity index is -0.000000338. The number of carbonyl (C=O) groups is 5. The first-order chi connectivity index (χ1) is 12.5. The van der Waals surface area contributed by atoms with E-state index in [1.165, 1.54) is 4.90 Å². The molecule has 0 rings (SSSR count). The minimum absolute atomic E-state index is 0. The number of carboxylic acids is 5. The molecule has 0 aliphatic heterocycles. The molecule has 159 valence electrons. The van der Waals surface area contributed by atoms with Crippen LogP contribution in [0.3, 0.4) is 0 Å². The molecule has 5 radical (unpaired) electrons. The number of aliphatic carboxylic acids is 5. The summed E-state index contributed by atoms with van der Waals surface area (Å²) in [4.78, 5) is 57.6. The van der Waals surface area contributed by atoms with E-state index in [0.717, 1.165) is 9.80 Å². The van der Waals surface area contributed by atoms with Crippen molar-refractivity contribution in [3.05, 3.63) is 0 Å². The van der Waals surface area contributed by atoms with Gasteiger partial charge < -0.3 is 25.5 Å². The second kappa shape index (κ2) is 27.8. The smallest absolute Gasteiger partial charge is 0.317 e. The van der Waals surface area contributed by atoms with Crippen LogP contribution in [-0.2, 0) is 24.0 Å². The van der Waals surface area contributed by atoms with Gasteiger partial charge in [0.15, 0.2) is 0 Å². The normalized spacial score (nSPS) is 9.34. The average molecular weight is 508 g/mol. The molecule has 0 aromatic carbocycles. The predicted octanol–water partition coefficient (Wildman–Crippen LogP) is -4.59. The topological polar surface area (TPSA) is 196 Å². The Morgan fingerprint density at radius 3 is 0.719 bits per heavy atom. The second-order valence-electron chi connectivity index (χ2n) is 5.67. The summed E-state index contributed by atoms with van der Waals surface area (Å²) >= 11 is 0. The largest absolute Gasteiger partial charge is 0.480 e. The van der Waals surface area contributed by atoms with Crippen molar-refractivity contribution in [2.45, 2.75) is 0 Å². The first-order valence-corrected chi connectivity index (χ1v) is 7.75. The van der Waals surface area contributed by atoms with Gasteiger partial charge in [0, 0.05) is 174 Å². The van der Waals surface area contributed by atoms with Gasteiger partial charge in [-0.2, -0.15) is 0 Å². The fourth-order valence-corrected chi connectivity index (χ4v) is 2.22. The third kappa shape index (κ3) is 30.3. The van der Waals surface area contributed by atoms with E-state index >= 15 is 0 Å². The average Bonchev–Trinajstić information content (AvgIpc) is 2.46. The molecule has 0 aliphatic carbocycles. The van der Waals surface area contributed by atoms with Gasteiger partial charge in [-0.15, -0.1) is 0 Å². The Labute approximate surface area is 296 Å². The van der Waals surface area contributed by atoms with Crippen LogP contribution in [-0.4, -0.2) is 277 Å². The van der Waals surface area contributed by atoms with Crippen LogP contribution < -0.4 is 0 Å². The molecular formula is C14H23N3Na5O10. The zero-order valence-electron chi connectivity index (χ0n) is 19.5. The summed E-state index contributed by atoms with van der Waals surface area (Å²) in [7, 11) is 0. The van der Waals surface area contributed by atoms with Crippen LogP contribution in [0.5, 0.6) is 0 Å². The summed E-state index contributed by atoms with van der Waals surface area (Å²) in [5.41, 5.74) is 0. The van der Waals surface area contributed by atoms with Crippen LogP contribution in [0.25, 0.3) is 0 Å². The molecule has 32 heavy (non-hydrogen) atoms. The Morgan fingerprint density at radius 1 is 0.375 bits per heavy atom. The fourth-order valence-electron chi connectivity index (χ4n) is 2.22. The number of nitrogens with zero attached hydrogens (tertiary/aromatic N) is 3. The van der Waals surface area contributed by atoms with E-state index in [1.807, 2.05) is 0 Å². The summed E-state index contributed by atoms with van der Waals surface area (Å²) in [6.07, 6.45) is 0. The van der Waals surface area contributed by atoms with Crippen molar-refractivity contribution in [2.24, 2.45) is 0 Å². The van der Waals surface area contributed by atoms with Crippen LogP contribution in [0.2, 0.25) is 0 Å². The monoisotopic (exact) mass is 508 g/mol. The molecule has 0 aromatic rings. The van der Waals surface area contributed by atoms with E-state index in [1.54, 1.807) is 0 Å². The van der Waals surface area contributed by atoms with Crippen LogP contribution in [0, 0.1) is 0 Å². The van der Waals surface area contributed by atoms with E-state index in [9.17, 15) is 24.0 Å². The van der Waals surface area contributed by atoms with Crippen molar-refractivity contribution in [2.75, 3.05) is 58.9 Å². The first kappa shape index (κ1) is 47.4. The predicted molar refractivity (Wildman–Crippen MR) is 116 cm³/mol. The molecule has 0 aromatic heterocycles. The van der Waals surface area contributed by atoms with Crippen molar-refractivity contribution < 1.29 is 49.5 Å². The van der Waals surface area contributed by atoms with Gasteiger partial charge in [0.05, 0.1) is 32.7 Å². The molecule has 0 saturated heterocycles. The zero-order chi connectivity index (χ0) is 21.0. The Kier molecular flexibility index (Phi) is 41.2. The molecule has 0 amide bonds. The van der Waals surface area contributed by atoms with Crippen LogP contribution in [0.15, 0.2) is 0 Å². The van der Waals surface area contributed by atoms with Gasteiger partial charge in [-0.1, -0.05) is 0 Å². The summed E-state index contributed by atoms with van der Waals surface area (Å²) in [6.45, 7) is -2.74. The molecule has 0 unspecified atom stereocenters. The maximum atomic E-state index is 11.0. The Bertz CT molecular complexity index is 501. The Hall–Kier alpha value is 2.23. The molecule has 13 nitrogen and oxygen atoms in total. The second-order valence-corrected chi connectivity index (χ2v) is 5.67. The number of hydrogen-bond donors (Lipinski definition) is 5. The fraction of sp³-hybridized carbons (Fsp3) is 0.643. The number of hydrogen-bond acceptors (Lipinski definition) is 8. The molecule has 0 atom stereocenters. The third-order valence-electron chi connectivity index (χ3n) is 3.26. The standard InChI is InChI=1S/C14H23N3O10.5Na/c18-10(19)5-15(1-3-16(6-11(20)21)7-12(22)23)2-4-17(8-13(24)25)9-14(26)27;;;;;/h1-9H2,(H,18,19)(H,20,21)(H,22,23)(H,24,25)(H,26,27);;;;;. The molecule has 5 N–H and O–H groups in total. The third-order valence-corrected chi connectivity index (χ3v) is 3.26. The van der Waals surface area contributed by atoms with Crippen molar-refractivity contribution in [1.82, 2.24) is 14.7 Å². The van der Waals surface area contributed by atoms with Gasteiger partial charge in [0.25, 0.3) is 0 Å². The van der Waals surface area contributed by atoms with Crippen molar-refractivity contribution in [3.63, 3.8) is 0 Å². The van der Waals surface area contributed by atoms with Crippen molar-refractivity contribution >= 4 is 178 Å². The molecule has 0 saturated carbocycles. The summed E-state index contributed by atoms with van der Waals surface area (Å²) < 4.78 is 0. The molecule has 0 spiro atoms. The van der Waals surface area contributed by atoms with E-state index in [4.69, 9.17) is 25.5 Å². The SMILES string of the molecule is O=C(O)CN(CCN(CC(=O)O)CC(=O)O)CCN(CC(=O)O)CC(=O)O.[Na].[Na].[Na].[Na].[Na]. The maximum absolute atomic E-state index is 11.0. The van der Waals surface area contributed by atoms with Gasteiger partial charge in [-0.25, -0.2) is 0 Å². The molecule has 0 bridgehead atoms. The minimum Gasteiger partial charge on any atom is -0.480 e. The molecule has 0 fully saturated rings. The first-order valence-electron chi connectivity index (χ1n) is 7.75. The molecule has 0 heterocycles. The minimum atomic E-state index is -1.24. The Morgan fingerprint density at radius 2 is 0.531 bits per heavy atom. The van der Waals surface area contributed by atoms with Crippen molar-refractivity contribution in [3.8, 4) is 0 Å².